The average molecular weight is 342 g/mol. The molecule has 0 N–H and O–H groups in total. The van der Waals surface area contributed by atoms with Crippen LogP contribution < -0.4 is 0 Å². The Labute approximate surface area is 150 Å². The van der Waals surface area contributed by atoms with Gasteiger partial charge in [-0.1, -0.05) is 48.2 Å². The van der Waals surface area contributed by atoms with Crippen LogP contribution in [0.4, 0.5) is 0 Å². The van der Waals surface area contributed by atoms with Crippen molar-refractivity contribution in [3.63, 3.8) is 0 Å². The van der Waals surface area contributed by atoms with E-state index in [2.05, 4.69) is 44.4 Å². The lowest BCUT2D eigenvalue weighted by Gasteiger charge is -2.04. The van der Waals surface area contributed by atoms with Gasteiger partial charge >= 0.3 is 0 Å². The maximum absolute atomic E-state index is 4.37. The summed E-state index contributed by atoms with van der Waals surface area (Å²) in [7, 11) is 0. The molecule has 0 saturated carbocycles. The minimum atomic E-state index is 0.528. The second kappa shape index (κ2) is 7.23. The van der Waals surface area contributed by atoms with Crippen molar-refractivity contribution in [1.82, 2.24) is 20.2 Å². The zero-order chi connectivity index (χ0) is 16.9. The van der Waals surface area contributed by atoms with E-state index in [0.717, 1.165) is 17.0 Å². The van der Waals surface area contributed by atoms with Gasteiger partial charge in [0.1, 0.15) is 11.4 Å². The molecule has 4 aromatic rings. The van der Waals surface area contributed by atoms with Crippen LogP contribution in [-0.4, -0.2) is 20.2 Å². The fourth-order valence-corrected chi connectivity index (χ4v) is 3.18. The molecule has 0 bridgehead atoms. The molecule has 0 aliphatic rings. The van der Waals surface area contributed by atoms with Crippen LogP contribution in [-0.2, 0) is 0 Å². The molecule has 0 unspecified atom stereocenters. The van der Waals surface area contributed by atoms with E-state index >= 15 is 0 Å². The Bertz CT molecular complexity index is 940. The first-order valence-electron chi connectivity index (χ1n) is 7.83. The monoisotopic (exact) mass is 342 g/mol. The summed E-state index contributed by atoms with van der Waals surface area (Å²) in [6.45, 7) is 0. The number of hydrogen-bond donors (Lipinski definition) is 0. The van der Waals surface area contributed by atoms with Crippen LogP contribution in [0.25, 0.3) is 22.8 Å². The molecule has 0 aliphatic carbocycles. The maximum Gasteiger partial charge on any atom is 0.200 e. The first-order valence-corrected chi connectivity index (χ1v) is 8.64. The lowest BCUT2D eigenvalue weighted by Crippen LogP contribution is -1.95. The molecule has 120 valence electrons. The predicted molar refractivity (Wildman–Crippen MR) is 99.1 cm³/mol. The summed E-state index contributed by atoms with van der Waals surface area (Å²) in [4.78, 5) is 11.0. The Hall–Kier alpha value is -3.05. The number of hydrogen-bond acceptors (Lipinski definition) is 5. The van der Waals surface area contributed by atoms with E-state index in [1.165, 1.54) is 9.79 Å². The molecule has 0 amide bonds. The van der Waals surface area contributed by atoms with E-state index in [0.29, 0.717) is 5.82 Å². The molecule has 0 fully saturated rings. The lowest BCUT2D eigenvalue weighted by atomic mass is 10.2. The van der Waals surface area contributed by atoms with Crippen molar-refractivity contribution in [1.29, 1.82) is 0 Å². The van der Waals surface area contributed by atoms with Crippen LogP contribution in [0.3, 0.4) is 0 Å². The molecule has 0 spiro atoms. The quantitative estimate of drug-likeness (QED) is 0.535. The summed E-state index contributed by atoms with van der Waals surface area (Å²) >= 11 is 1.73. The van der Waals surface area contributed by atoms with Crippen molar-refractivity contribution in [3.05, 3.63) is 85.2 Å². The van der Waals surface area contributed by atoms with Gasteiger partial charge in [-0.05, 0) is 36.4 Å². The smallest absolute Gasteiger partial charge is 0.200 e. The highest BCUT2D eigenvalue weighted by Gasteiger charge is 2.06. The topological polar surface area (TPSA) is 51.6 Å². The second-order valence-corrected chi connectivity index (χ2v) is 6.47. The summed E-state index contributed by atoms with van der Waals surface area (Å²) in [5, 5.41) is 8.47. The third-order valence-corrected chi connectivity index (χ3v) is 4.60. The fraction of sp³-hybridized carbons (Fsp3) is 0. The molecular weight excluding hydrogens is 328 g/mol. The summed E-state index contributed by atoms with van der Waals surface area (Å²) in [6, 6.07) is 24.2. The molecule has 2 aromatic carbocycles. The van der Waals surface area contributed by atoms with E-state index in [1.807, 2.05) is 48.5 Å². The lowest BCUT2D eigenvalue weighted by molar-refractivity contribution is 0.977. The molecule has 25 heavy (non-hydrogen) atoms. The van der Waals surface area contributed by atoms with Crippen LogP contribution in [0.5, 0.6) is 0 Å². The molecular formula is C20H14N4S. The van der Waals surface area contributed by atoms with E-state index in [-0.39, 0.29) is 0 Å². The number of pyridine rings is 1. The van der Waals surface area contributed by atoms with Gasteiger partial charge in [-0.2, -0.15) is 0 Å². The van der Waals surface area contributed by atoms with Crippen molar-refractivity contribution in [3.8, 4) is 22.8 Å². The van der Waals surface area contributed by atoms with Crippen LogP contribution in [0, 0.1) is 0 Å². The highest BCUT2D eigenvalue weighted by Crippen LogP contribution is 2.29. The number of nitrogens with zero attached hydrogens (tertiary/aromatic N) is 4. The predicted octanol–water partition coefficient (Wildman–Crippen LogP) is 4.75. The second-order valence-electron chi connectivity index (χ2n) is 5.32. The largest absolute Gasteiger partial charge is 0.253 e. The third-order valence-electron chi connectivity index (χ3n) is 3.58. The summed E-state index contributed by atoms with van der Waals surface area (Å²) in [5.74, 6) is 0.528. The van der Waals surface area contributed by atoms with Crippen molar-refractivity contribution >= 4 is 11.8 Å². The van der Waals surface area contributed by atoms with E-state index < -0.39 is 0 Å². The van der Waals surface area contributed by atoms with Crippen LogP contribution >= 0.6 is 11.8 Å². The number of benzene rings is 2. The van der Waals surface area contributed by atoms with Gasteiger partial charge in [0.2, 0.25) is 0 Å². The Morgan fingerprint density at radius 3 is 2.04 bits per heavy atom. The highest BCUT2D eigenvalue weighted by atomic mass is 32.2. The minimum Gasteiger partial charge on any atom is -0.253 e. The van der Waals surface area contributed by atoms with E-state index in [4.69, 9.17) is 0 Å². The molecule has 0 radical (unpaired) electrons. The fourth-order valence-electron chi connectivity index (χ4n) is 2.34. The molecule has 4 nitrogen and oxygen atoms in total. The maximum atomic E-state index is 4.37. The molecule has 0 aliphatic heterocycles. The van der Waals surface area contributed by atoms with Gasteiger partial charge in [0.15, 0.2) is 5.82 Å². The Balaban J connectivity index is 1.52. The van der Waals surface area contributed by atoms with Gasteiger partial charge in [0.05, 0.1) is 6.20 Å². The molecule has 0 atom stereocenters. The van der Waals surface area contributed by atoms with Crippen molar-refractivity contribution in [2.75, 3.05) is 0 Å². The van der Waals surface area contributed by atoms with Crippen LogP contribution in [0.1, 0.15) is 0 Å². The zero-order valence-electron chi connectivity index (χ0n) is 13.3. The zero-order valence-corrected chi connectivity index (χ0v) is 14.1. The van der Waals surface area contributed by atoms with Gasteiger partial charge in [0, 0.05) is 21.6 Å². The molecule has 2 aromatic heterocycles. The molecule has 2 heterocycles. The van der Waals surface area contributed by atoms with E-state index in [9.17, 15) is 0 Å². The minimum absolute atomic E-state index is 0.528. The van der Waals surface area contributed by atoms with Gasteiger partial charge in [-0.25, -0.2) is 4.98 Å². The Kier molecular flexibility index (Phi) is 4.48. The summed E-state index contributed by atoms with van der Waals surface area (Å²) in [6.07, 6.45) is 3.45. The van der Waals surface area contributed by atoms with E-state index in [1.54, 1.807) is 24.2 Å². The van der Waals surface area contributed by atoms with Crippen molar-refractivity contribution in [2.45, 2.75) is 9.79 Å². The first-order chi connectivity index (χ1) is 12.4. The van der Waals surface area contributed by atoms with Gasteiger partial charge in [-0.3, -0.25) is 4.98 Å². The molecule has 0 saturated heterocycles. The standard InChI is InChI=1S/C20H14N4S/c1-2-6-16(7-3-1)25-17-11-9-15(10-12-17)19-14-22-20(24-23-19)18-8-4-5-13-21-18/h1-14H. The third kappa shape index (κ3) is 3.72. The first kappa shape index (κ1) is 15.5. The van der Waals surface area contributed by atoms with Crippen LogP contribution in [0.2, 0.25) is 0 Å². The Morgan fingerprint density at radius 1 is 0.600 bits per heavy atom. The highest BCUT2D eigenvalue weighted by molar-refractivity contribution is 7.99. The summed E-state index contributed by atoms with van der Waals surface area (Å²) < 4.78 is 0. The van der Waals surface area contributed by atoms with Crippen molar-refractivity contribution < 1.29 is 0 Å². The van der Waals surface area contributed by atoms with Gasteiger partial charge in [-0.15, -0.1) is 10.2 Å². The Morgan fingerprint density at radius 2 is 1.36 bits per heavy atom. The molecule has 5 heteroatoms. The number of aromatic nitrogens is 4. The van der Waals surface area contributed by atoms with Crippen molar-refractivity contribution in [2.24, 2.45) is 0 Å². The number of rotatable bonds is 4. The van der Waals surface area contributed by atoms with Gasteiger partial charge in [0.25, 0.3) is 0 Å². The summed E-state index contributed by atoms with van der Waals surface area (Å²) in [5.41, 5.74) is 2.46. The molecule has 4 rings (SSSR count). The SMILES string of the molecule is c1ccc(Sc2ccc(-c3cnc(-c4ccccn4)nn3)cc2)cc1. The average Bonchev–Trinajstić information content (AvgIpc) is 2.70. The van der Waals surface area contributed by atoms with Gasteiger partial charge < -0.3 is 0 Å². The normalized spacial score (nSPS) is 10.6. The van der Waals surface area contributed by atoms with Crippen LogP contribution in [0.15, 0.2) is 95.0 Å².